The monoisotopic (exact) mass is 414 g/mol. The highest BCUT2D eigenvalue weighted by Gasteiger charge is 2.24. The predicted octanol–water partition coefficient (Wildman–Crippen LogP) is 3.23. The molecule has 1 aromatic carbocycles. The van der Waals surface area contributed by atoms with Crippen LogP contribution in [0.5, 0.6) is 0 Å². The molecule has 0 unspecified atom stereocenters. The molecule has 1 heterocycles. The molecule has 1 amide bonds. The van der Waals surface area contributed by atoms with Gasteiger partial charge in [-0.25, -0.2) is 14.5 Å². The largest absolute Gasteiger partial charge is 0.444 e. The molecule has 3 N–H and O–H groups in total. The Morgan fingerprint density at radius 2 is 1.93 bits per heavy atom. The van der Waals surface area contributed by atoms with Crippen molar-refractivity contribution in [3.05, 3.63) is 48.3 Å². The molecule has 30 heavy (non-hydrogen) atoms. The van der Waals surface area contributed by atoms with Crippen LogP contribution in [0.2, 0.25) is 0 Å². The molecule has 0 aliphatic heterocycles. The van der Waals surface area contributed by atoms with Gasteiger partial charge >= 0.3 is 6.09 Å². The van der Waals surface area contributed by atoms with E-state index in [1.165, 1.54) is 0 Å². The fraction of sp³-hybridized carbons (Fsp3) is 0.500. The summed E-state index contributed by atoms with van der Waals surface area (Å²) in [5.74, 6) is 0.682. The van der Waals surface area contributed by atoms with Gasteiger partial charge in [0, 0.05) is 25.5 Å². The number of hydrogen-bond acceptors (Lipinski definition) is 4. The van der Waals surface area contributed by atoms with Gasteiger partial charge < -0.3 is 20.7 Å². The van der Waals surface area contributed by atoms with Gasteiger partial charge in [0.25, 0.3) is 0 Å². The van der Waals surface area contributed by atoms with Gasteiger partial charge in [0.1, 0.15) is 5.60 Å². The van der Waals surface area contributed by atoms with Crippen molar-refractivity contribution >= 4 is 12.1 Å². The molecule has 1 aromatic heterocycles. The van der Waals surface area contributed by atoms with Gasteiger partial charge in [0.2, 0.25) is 0 Å². The molecule has 0 atom stereocenters. The van der Waals surface area contributed by atoms with E-state index in [4.69, 9.17) is 4.74 Å². The predicted molar refractivity (Wildman–Crippen MR) is 120 cm³/mol. The van der Waals surface area contributed by atoms with Gasteiger partial charge in [-0.1, -0.05) is 12.1 Å². The van der Waals surface area contributed by atoms with Gasteiger partial charge in [0.05, 0.1) is 17.8 Å². The average Bonchev–Trinajstić information content (AvgIpc) is 3.17. The maximum Gasteiger partial charge on any atom is 0.408 e. The van der Waals surface area contributed by atoms with Crippen LogP contribution in [0, 0.1) is 0 Å². The van der Waals surface area contributed by atoms with Crippen molar-refractivity contribution in [2.75, 3.05) is 13.1 Å². The number of rotatable bonds is 7. The molecule has 0 fully saturated rings. The zero-order valence-corrected chi connectivity index (χ0v) is 18.8. The van der Waals surface area contributed by atoms with E-state index in [2.05, 4.69) is 32.1 Å². The summed E-state index contributed by atoms with van der Waals surface area (Å²) in [5.41, 5.74) is 1.02. The van der Waals surface area contributed by atoms with Crippen molar-refractivity contribution in [1.29, 1.82) is 0 Å². The van der Waals surface area contributed by atoms with E-state index in [1.807, 2.05) is 76.7 Å². The van der Waals surface area contributed by atoms with Gasteiger partial charge in [-0.2, -0.15) is 5.10 Å². The number of amides is 1. The molecule has 2 rings (SSSR count). The standard InChI is InChI=1S/C22H34N6O2/c1-7-23-19(25-16-22(5,6)27-20(29)30-21(2,3)4)24-15-17-10-8-11-18(14-17)28-13-9-12-26-28/h8-14H,7,15-16H2,1-6H3,(H,27,29)(H2,23,24,25). The maximum atomic E-state index is 12.1. The Morgan fingerprint density at radius 3 is 2.57 bits per heavy atom. The van der Waals surface area contributed by atoms with Gasteiger partial charge in [-0.15, -0.1) is 0 Å². The highest BCUT2D eigenvalue weighted by atomic mass is 16.6. The van der Waals surface area contributed by atoms with Crippen molar-refractivity contribution in [2.24, 2.45) is 4.99 Å². The second-order valence-electron chi connectivity index (χ2n) is 8.68. The van der Waals surface area contributed by atoms with Crippen LogP contribution in [0.3, 0.4) is 0 Å². The summed E-state index contributed by atoms with van der Waals surface area (Å²) >= 11 is 0. The molecular weight excluding hydrogens is 380 g/mol. The van der Waals surface area contributed by atoms with E-state index >= 15 is 0 Å². The number of ether oxygens (including phenoxy) is 1. The van der Waals surface area contributed by atoms with E-state index in [0.29, 0.717) is 19.0 Å². The minimum absolute atomic E-state index is 0.438. The van der Waals surface area contributed by atoms with Crippen LogP contribution >= 0.6 is 0 Å². The molecule has 8 nitrogen and oxygen atoms in total. The van der Waals surface area contributed by atoms with Crippen molar-refractivity contribution in [1.82, 2.24) is 25.7 Å². The average molecular weight is 415 g/mol. The molecule has 0 saturated heterocycles. The normalized spacial score (nSPS) is 12.4. The van der Waals surface area contributed by atoms with E-state index in [9.17, 15) is 4.79 Å². The number of benzene rings is 1. The fourth-order valence-corrected chi connectivity index (χ4v) is 2.66. The summed E-state index contributed by atoms with van der Waals surface area (Å²) in [4.78, 5) is 16.7. The van der Waals surface area contributed by atoms with E-state index < -0.39 is 17.2 Å². The van der Waals surface area contributed by atoms with Crippen molar-refractivity contribution < 1.29 is 9.53 Å². The number of carbonyl (C=O) groups excluding carboxylic acids is 1. The first-order chi connectivity index (χ1) is 14.1. The zero-order chi connectivity index (χ0) is 22.2. The lowest BCUT2D eigenvalue weighted by Gasteiger charge is -2.29. The zero-order valence-electron chi connectivity index (χ0n) is 18.8. The number of carbonyl (C=O) groups is 1. The number of alkyl carbamates (subject to hydrolysis) is 1. The van der Waals surface area contributed by atoms with E-state index in [0.717, 1.165) is 17.8 Å². The highest BCUT2D eigenvalue weighted by Crippen LogP contribution is 2.11. The highest BCUT2D eigenvalue weighted by molar-refractivity contribution is 5.80. The second kappa shape index (κ2) is 10.1. The second-order valence-corrected chi connectivity index (χ2v) is 8.68. The molecule has 8 heteroatoms. The molecule has 0 aliphatic carbocycles. The van der Waals surface area contributed by atoms with Gasteiger partial charge in [-0.05, 0) is 65.3 Å². The smallest absolute Gasteiger partial charge is 0.408 e. The molecular formula is C22H34N6O2. The third-order valence-corrected chi connectivity index (χ3v) is 3.98. The minimum atomic E-state index is -0.533. The van der Waals surface area contributed by atoms with Crippen LogP contribution in [0.25, 0.3) is 5.69 Å². The summed E-state index contributed by atoms with van der Waals surface area (Å²) < 4.78 is 7.17. The molecule has 0 bridgehead atoms. The van der Waals surface area contributed by atoms with Crippen LogP contribution < -0.4 is 16.0 Å². The lowest BCUT2D eigenvalue weighted by Crippen LogP contribution is -2.54. The molecule has 164 valence electrons. The summed E-state index contributed by atoms with van der Waals surface area (Å²) in [6, 6.07) is 10.00. The van der Waals surface area contributed by atoms with Gasteiger partial charge in [-0.3, -0.25) is 0 Å². The summed E-state index contributed by atoms with van der Waals surface area (Å²) in [6.45, 7) is 13.1. The molecule has 2 aromatic rings. The first kappa shape index (κ1) is 23.3. The third kappa shape index (κ3) is 8.14. The van der Waals surface area contributed by atoms with Crippen molar-refractivity contribution in [2.45, 2.75) is 59.2 Å². The lowest BCUT2D eigenvalue weighted by atomic mass is 10.1. The Kier molecular flexibility index (Phi) is 7.86. The molecule has 0 radical (unpaired) electrons. The Balaban J connectivity index is 1.97. The summed E-state index contributed by atoms with van der Waals surface area (Å²) in [5, 5.41) is 13.7. The lowest BCUT2D eigenvalue weighted by molar-refractivity contribution is 0.0474. The first-order valence-electron chi connectivity index (χ1n) is 10.2. The van der Waals surface area contributed by atoms with Crippen LogP contribution in [-0.2, 0) is 11.3 Å². The van der Waals surface area contributed by atoms with Crippen molar-refractivity contribution in [3.8, 4) is 5.69 Å². The van der Waals surface area contributed by atoms with Gasteiger partial charge in [0.15, 0.2) is 5.96 Å². The SMILES string of the molecule is CCNC(=NCc1cccc(-n2cccn2)c1)NCC(C)(C)NC(=O)OC(C)(C)C. The Bertz CT molecular complexity index is 838. The number of guanidine groups is 1. The summed E-state index contributed by atoms with van der Waals surface area (Å²) in [6.07, 6.45) is 3.23. The molecule has 0 spiro atoms. The third-order valence-electron chi connectivity index (χ3n) is 3.98. The Morgan fingerprint density at radius 1 is 1.17 bits per heavy atom. The number of hydrogen-bond donors (Lipinski definition) is 3. The topological polar surface area (TPSA) is 92.6 Å². The fourth-order valence-electron chi connectivity index (χ4n) is 2.66. The van der Waals surface area contributed by atoms with Crippen molar-refractivity contribution in [3.63, 3.8) is 0 Å². The first-order valence-corrected chi connectivity index (χ1v) is 10.2. The minimum Gasteiger partial charge on any atom is -0.444 e. The number of nitrogens with zero attached hydrogens (tertiary/aromatic N) is 3. The van der Waals surface area contributed by atoms with Crippen LogP contribution in [0.1, 0.15) is 47.1 Å². The number of nitrogens with one attached hydrogen (secondary N) is 3. The van der Waals surface area contributed by atoms with E-state index in [-0.39, 0.29) is 0 Å². The number of aromatic nitrogens is 2. The molecule has 0 saturated carbocycles. The quantitative estimate of drug-likeness (QED) is 0.478. The van der Waals surface area contributed by atoms with Crippen LogP contribution in [0.4, 0.5) is 4.79 Å². The molecule has 0 aliphatic rings. The Hall–Kier alpha value is -3.03. The van der Waals surface area contributed by atoms with Crippen LogP contribution in [-0.4, -0.2) is 46.1 Å². The summed E-state index contributed by atoms with van der Waals surface area (Å²) in [7, 11) is 0. The number of aliphatic imine (C=N–C) groups is 1. The van der Waals surface area contributed by atoms with E-state index in [1.54, 1.807) is 6.20 Å². The Labute approximate surface area is 179 Å². The van der Waals surface area contributed by atoms with Crippen LogP contribution in [0.15, 0.2) is 47.7 Å². The maximum absolute atomic E-state index is 12.1.